The van der Waals surface area contributed by atoms with Crippen LogP contribution in [0, 0.1) is 11.3 Å². The van der Waals surface area contributed by atoms with E-state index in [0.29, 0.717) is 33.9 Å². The van der Waals surface area contributed by atoms with E-state index >= 15 is 0 Å². The average molecular weight is 396 g/mol. The molecule has 0 amide bonds. The fourth-order valence-electron chi connectivity index (χ4n) is 3.05. The van der Waals surface area contributed by atoms with Crippen molar-refractivity contribution in [2.75, 3.05) is 28.4 Å². The van der Waals surface area contributed by atoms with Gasteiger partial charge in [-0.1, -0.05) is 12.1 Å². The minimum atomic E-state index is -0.887. The highest BCUT2D eigenvalue weighted by Gasteiger charge is 2.39. The van der Waals surface area contributed by atoms with Crippen molar-refractivity contribution in [1.29, 1.82) is 5.26 Å². The molecule has 3 rings (SSSR count). The van der Waals surface area contributed by atoms with Crippen LogP contribution in [0.15, 0.2) is 41.4 Å². The SMILES string of the molecule is COC(=O)[C@@H]1N=C(c2cc(OC)c(OC)c(OC)c2)O[C@H]1c1ccc(C#N)cc1. The molecule has 2 atom stereocenters. The van der Waals surface area contributed by atoms with E-state index in [-0.39, 0.29) is 5.90 Å². The third-order valence-electron chi connectivity index (χ3n) is 4.50. The van der Waals surface area contributed by atoms with Crippen LogP contribution >= 0.6 is 0 Å². The zero-order chi connectivity index (χ0) is 21.0. The third kappa shape index (κ3) is 3.80. The molecule has 8 nitrogen and oxygen atoms in total. The number of ether oxygens (including phenoxy) is 5. The molecule has 8 heteroatoms. The van der Waals surface area contributed by atoms with Crippen LogP contribution in [-0.4, -0.2) is 46.3 Å². The highest BCUT2D eigenvalue weighted by molar-refractivity contribution is 5.99. The number of rotatable bonds is 6. The van der Waals surface area contributed by atoms with Crippen LogP contribution < -0.4 is 14.2 Å². The van der Waals surface area contributed by atoms with Crippen molar-refractivity contribution in [2.45, 2.75) is 12.1 Å². The summed E-state index contributed by atoms with van der Waals surface area (Å²) in [6.45, 7) is 0. The molecule has 2 aromatic carbocycles. The number of methoxy groups -OCH3 is 4. The van der Waals surface area contributed by atoms with Crippen LogP contribution in [0.3, 0.4) is 0 Å². The van der Waals surface area contributed by atoms with Crippen LogP contribution in [0.4, 0.5) is 0 Å². The van der Waals surface area contributed by atoms with Crippen LogP contribution in [0.1, 0.15) is 22.8 Å². The molecule has 0 unspecified atom stereocenters. The summed E-state index contributed by atoms with van der Waals surface area (Å²) in [6, 6.07) is 11.3. The van der Waals surface area contributed by atoms with E-state index in [1.165, 1.54) is 28.4 Å². The minimum absolute atomic E-state index is 0.244. The van der Waals surface area contributed by atoms with Crippen LogP contribution in [0.5, 0.6) is 17.2 Å². The van der Waals surface area contributed by atoms with Crippen molar-refractivity contribution < 1.29 is 28.5 Å². The Morgan fingerprint density at radius 1 is 1.03 bits per heavy atom. The van der Waals surface area contributed by atoms with Crippen molar-refractivity contribution in [3.05, 3.63) is 53.1 Å². The largest absolute Gasteiger partial charge is 0.493 e. The second kappa shape index (κ2) is 8.52. The highest BCUT2D eigenvalue weighted by atomic mass is 16.5. The van der Waals surface area contributed by atoms with E-state index in [4.69, 9.17) is 28.9 Å². The van der Waals surface area contributed by atoms with Crippen LogP contribution in [0.25, 0.3) is 0 Å². The lowest BCUT2D eigenvalue weighted by atomic mass is 10.0. The van der Waals surface area contributed by atoms with Crippen molar-refractivity contribution in [3.63, 3.8) is 0 Å². The van der Waals surface area contributed by atoms with E-state index in [1.54, 1.807) is 36.4 Å². The predicted octanol–water partition coefficient (Wildman–Crippen LogP) is 2.64. The van der Waals surface area contributed by atoms with Crippen LogP contribution in [0.2, 0.25) is 0 Å². The summed E-state index contributed by atoms with van der Waals surface area (Å²) in [5.41, 5.74) is 1.77. The van der Waals surface area contributed by atoms with E-state index in [9.17, 15) is 4.79 Å². The van der Waals surface area contributed by atoms with Gasteiger partial charge in [0.25, 0.3) is 0 Å². The summed E-state index contributed by atoms with van der Waals surface area (Å²) in [5.74, 6) is 1.02. The van der Waals surface area contributed by atoms with E-state index in [0.717, 1.165) is 0 Å². The maximum absolute atomic E-state index is 12.3. The molecular weight excluding hydrogens is 376 g/mol. The number of hydrogen-bond donors (Lipinski definition) is 0. The lowest BCUT2D eigenvalue weighted by Gasteiger charge is -2.17. The molecule has 1 heterocycles. The standard InChI is InChI=1S/C21H20N2O6/c1-25-15-9-14(10-16(26-2)19(15)27-3)20-23-17(21(24)28-4)18(29-20)13-7-5-12(11-22)6-8-13/h5-10,17-18H,1-4H3/t17-,18+/m1/s1. The summed E-state index contributed by atoms with van der Waals surface area (Å²) in [6.07, 6.45) is -0.690. The smallest absolute Gasteiger partial charge is 0.335 e. The first-order chi connectivity index (χ1) is 14.1. The van der Waals surface area contributed by atoms with Gasteiger partial charge in [0.05, 0.1) is 40.1 Å². The number of carbonyl (C=O) groups is 1. The first-order valence-electron chi connectivity index (χ1n) is 8.69. The van der Waals surface area contributed by atoms with Gasteiger partial charge in [0.2, 0.25) is 11.6 Å². The van der Waals surface area contributed by atoms with Gasteiger partial charge in [0, 0.05) is 5.56 Å². The Morgan fingerprint density at radius 2 is 1.66 bits per heavy atom. The average Bonchev–Trinajstić information content (AvgIpc) is 3.23. The molecule has 0 radical (unpaired) electrons. The van der Waals surface area contributed by atoms with Gasteiger partial charge < -0.3 is 23.7 Å². The molecule has 0 spiro atoms. The summed E-state index contributed by atoms with van der Waals surface area (Å²) in [5, 5.41) is 8.99. The first kappa shape index (κ1) is 20.0. The second-order valence-corrected chi connectivity index (χ2v) is 6.09. The molecule has 0 bridgehead atoms. The molecule has 1 aliphatic rings. The number of hydrogen-bond acceptors (Lipinski definition) is 8. The fourth-order valence-corrected chi connectivity index (χ4v) is 3.05. The number of nitriles is 1. The van der Waals surface area contributed by atoms with Crippen molar-refractivity contribution in [2.24, 2.45) is 4.99 Å². The minimum Gasteiger partial charge on any atom is -0.493 e. The second-order valence-electron chi connectivity index (χ2n) is 6.09. The molecule has 0 saturated heterocycles. The van der Waals surface area contributed by atoms with Gasteiger partial charge in [-0.3, -0.25) is 0 Å². The van der Waals surface area contributed by atoms with Gasteiger partial charge >= 0.3 is 5.97 Å². The molecule has 0 N–H and O–H groups in total. The van der Waals surface area contributed by atoms with Crippen molar-refractivity contribution in [3.8, 4) is 23.3 Å². The lowest BCUT2D eigenvalue weighted by molar-refractivity contribution is -0.143. The summed E-state index contributed by atoms with van der Waals surface area (Å²) >= 11 is 0. The van der Waals surface area contributed by atoms with E-state index in [1.807, 2.05) is 0 Å². The number of nitrogens with zero attached hydrogens (tertiary/aromatic N) is 2. The molecule has 2 aromatic rings. The number of carbonyl (C=O) groups excluding carboxylic acids is 1. The Labute approximate surface area is 168 Å². The van der Waals surface area contributed by atoms with Gasteiger partial charge in [-0.05, 0) is 29.8 Å². The van der Waals surface area contributed by atoms with Gasteiger partial charge in [-0.15, -0.1) is 0 Å². The molecular formula is C21H20N2O6. The normalized spacial score (nSPS) is 17.6. The third-order valence-corrected chi connectivity index (χ3v) is 4.50. The van der Waals surface area contributed by atoms with Gasteiger partial charge in [0.15, 0.2) is 23.6 Å². The van der Waals surface area contributed by atoms with Crippen molar-refractivity contribution >= 4 is 11.9 Å². The maximum atomic E-state index is 12.3. The Balaban J connectivity index is 2.02. The zero-order valence-corrected chi connectivity index (χ0v) is 16.5. The van der Waals surface area contributed by atoms with Gasteiger partial charge in [-0.25, -0.2) is 9.79 Å². The highest BCUT2D eigenvalue weighted by Crippen LogP contribution is 2.40. The topological polar surface area (TPSA) is 99.4 Å². The number of aliphatic imine (C=N–C) groups is 1. The Bertz CT molecular complexity index is 953. The van der Waals surface area contributed by atoms with E-state index in [2.05, 4.69) is 11.1 Å². The molecule has 0 fully saturated rings. The quantitative estimate of drug-likeness (QED) is 0.692. The molecule has 0 aromatic heterocycles. The Morgan fingerprint density at radius 3 is 2.14 bits per heavy atom. The monoisotopic (exact) mass is 396 g/mol. The molecule has 1 aliphatic heterocycles. The Hall–Kier alpha value is -3.73. The van der Waals surface area contributed by atoms with E-state index < -0.39 is 18.1 Å². The molecule has 0 aliphatic carbocycles. The molecule has 150 valence electrons. The first-order valence-corrected chi connectivity index (χ1v) is 8.69. The fraction of sp³-hybridized carbons (Fsp3) is 0.286. The number of benzene rings is 2. The van der Waals surface area contributed by atoms with Crippen molar-refractivity contribution in [1.82, 2.24) is 0 Å². The van der Waals surface area contributed by atoms with Gasteiger partial charge in [-0.2, -0.15) is 5.26 Å². The Kier molecular flexibility index (Phi) is 5.88. The predicted molar refractivity (Wildman–Crippen MR) is 103 cm³/mol. The summed E-state index contributed by atoms with van der Waals surface area (Å²) in [7, 11) is 5.83. The zero-order valence-electron chi connectivity index (χ0n) is 16.5. The summed E-state index contributed by atoms with van der Waals surface area (Å²) in [4.78, 5) is 16.8. The lowest BCUT2D eigenvalue weighted by Crippen LogP contribution is -2.25. The summed E-state index contributed by atoms with van der Waals surface area (Å²) < 4.78 is 27.0. The van der Waals surface area contributed by atoms with Crippen LogP contribution in [-0.2, 0) is 14.3 Å². The number of esters is 1. The van der Waals surface area contributed by atoms with Gasteiger partial charge in [0.1, 0.15) is 0 Å². The maximum Gasteiger partial charge on any atom is 0.335 e. The molecule has 0 saturated carbocycles. The molecule has 29 heavy (non-hydrogen) atoms.